The fourth-order valence-corrected chi connectivity index (χ4v) is 5.02. The molecule has 4 heteroatoms. The molecule has 0 radical (unpaired) electrons. The Kier molecular flexibility index (Phi) is 2.10. The number of rotatable bonds is 0. The Hall–Kier alpha value is -1.26. The number of hydrogen-bond donors (Lipinski definition) is 1. The van der Waals surface area contributed by atoms with Crippen molar-refractivity contribution in [2.45, 2.75) is 49.8 Å². The number of ether oxygens (including phenoxy) is 2. The van der Waals surface area contributed by atoms with Crippen LogP contribution in [0.2, 0.25) is 0 Å². The topological polar surface area (TPSA) is 41.9 Å². The fourth-order valence-electron chi connectivity index (χ4n) is 5.02. The van der Waals surface area contributed by atoms with Gasteiger partial charge in [-0.3, -0.25) is 4.90 Å². The van der Waals surface area contributed by atoms with Crippen molar-refractivity contribution in [2.75, 3.05) is 13.3 Å². The van der Waals surface area contributed by atoms with Gasteiger partial charge in [-0.2, -0.15) is 0 Å². The molecule has 1 unspecified atom stereocenters. The molecular formula is C16H19NO3. The first-order chi connectivity index (χ1) is 9.79. The van der Waals surface area contributed by atoms with Crippen molar-refractivity contribution in [3.63, 3.8) is 0 Å². The molecular weight excluding hydrogens is 254 g/mol. The van der Waals surface area contributed by atoms with Crippen LogP contribution in [0.4, 0.5) is 0 Å². The van der Waals surface area contributed by atoms with Gasteiger partial charge in [-0.05, 0) is 55.5 Å². The predicted molar refractivity (Wildman–Crippen MR) is 72.9 cm³/mol. The lowest BCUT2D eigenvalue weighted by Crippen LogP contribution is -2.55. The number of aliphatic hydroxyl groups is 1. The molecule has 4 aliphatic rings. The molecule has 4 atom stereocenters. The van der Waals surface area contributed by atoms with E-state index in [0.717, 1.165) is 43.9 Å². The highest BCUT2D eigenvalue weighted by molar-refractivity contribution is 5.54. The van der Waals surface area contributed by atoms with Crippen LogP contribution in [-0.4, -0.2) is 35.5 Å². The monoisotopic (exact) mass is 273 g/mol. The minimum Gasteiger partial charge on any atom is -0.454 e. The van der Waals surface area contributed by atoms with Gasteiger partial charge in [-0.15, -0.1) is 0 Å². The molecule has 4 nitrogen and oxygen atoms in total. The maximum atomic E-state index is 10.8. The molecule has 0 spiro atoms. The van der Waals surface area contributed by atoms with E-state index in [4.69, 9.17) is 9.47 Å². The van der Waals surface area contributed by atoms with E-state index in [0.29, 0.717) is 12.8 Å². The molecule has 1 aromatic carbocycles. The molecule has 1 N–H and O–H groups in total. The Morgan fingerprint density at radius 1 is 1.20 bits per heavy atom. The van der Waals surface area contributed by atoms with Crippen molar-refractivity contribution >= 4 is 0 Å². The van der Waals surface area contributed by atoms with Gasteiger partial charge >= 0.3 is 0 Å². The molecule has 1 saturated carbocycles. The summed E-state index contributed by atoms with van der Waals surface area (Å²) < 4.78 is 11.1. The SMILES string of the molecule is O[C@@H]1CCC[C@H]2N3CC[C@@]12c1cc2c(cc1C3)OCO2. The molecule has 2 bridgehead atoms. The second-order valence-corrected chi connectivity index (χ2v) is 6.59. The van der Waals surface area contributed by atoms with Crippen LogP contribution in [0.1, 0.15) is 36.8 Å². The van der Waals surface area contributed by atoms with Crippen LogP contribution < -0.4 is 9.47 Å². The van der Waals surface area contributed by atoms with Crippen LogP contribution in [0.5, 0.6) is 11.5 Å². The predicted octanol–water partition coefficient (Wildman–Crippen LogP) is 1.79. The quantitative estimate of drug-likeness (QED) is 0.782. The van der Waals surface area contributed by atoms with Crippen LogP contribution in [0.25, 0.3) is 0 Å². The van der Waals surface area contributed by atoms with Gasteiger partial charge in [-0.1, -0.05) is 0 Å². The zero-order valence-electron chi connectivity index (χ0n) is 11.5. The van der Waals surface area contributed by atoms with Gasteiger partial charge in [0.1, 0.15) is 0 Å². The first kappa shape index (κ1) is 11.4. The normalized spacial score (nSPS) is 40.4. The standard InChI is InChI=1S/C16H19NO3/c18-15-3-1-2-14-16(15)4-5-17(14)8-10-6-12-13(7-11(10)16)20-9-19-12/h6-7,14-15,18H,1-5,8-9H2/t14-,15-,16+/m1/s1. The van der Waals surface area contributed by atoms with Crippen LogP contribution in [0.15, 0.2) is 12.1 Å². The second-order valence-electron chi connectivity index (χ2n) is 6.59. The zero-order chi connectivity index (χ0) is 13.3. The minimum atomic E-state index is -0.217. The molecule has 20 heavy (non-hydrogen) atoms. The Bertz CT molecular complexity index is 587. The summed E-state index contributed by atoms with van der Waals surface area (Å²) in [6, 6.07) is 4.80. The third kappa shape index (κ3) is 1.20. The van der Waals surface area contributed by atoms with Crippen LogP contribution in [0, 0.1) is 0 Å². The van der Waals surface area contributed by atoms with Crippen molar-refractivity contribution in [2.24, 2.45) is 0 Å². The molecule has 5 rings (SSSR count). The summed E-state index contributed by atoms with van der Waals surface area (Å²) in [5, 5.41) is 10.8. The number of benzene rings is 1. The molecule has 0 amide bonds. The molecule has 1 saturated heterocycles. The lowest BCUT2D eigenvalue weighted by atomic mass is 9.62. The summed E-state index contributed by atoms with van der Waals surface area (Å²) >= 11 is 0. The van der Waals surface area contributed by atoms with E-state index in [-0.39, 0.29) is 11.5 Å². The lowest BCUT2D eigenvalue weighted by molar-refractivity contribution is 0.00407. The van der Waals surface area contributed by atoms with Crippen molar-refractivity contribution in [1.82, 2.24) is 4.90 Å². The largest absolute Gasteiger partial charge is 0.454 e. The van der Waals surface area contributed by atoms with E-state index >= 15 is 0 Å². The number of hydrogen-bond acceptors (Lipinski definition) is 4. The third-order valence-electron chi connectivity index (χ3n) is 5.87. The Morgan fingerprint density at radius 3 is 2.95 bits per heavy atom. The molecule has 1 aromatic rings. The van der Waals surface area contributed by atoms with E-state index in [9.17, 15) is 5.11 Å². The van der Waals surface area contributed by atoms with Gasteiger partial charge in [-0.25, -0.2) is 0 Å². The summed E-state index contributed by atoms with van der Waals surface area (Å²) in [6.07, 6.45) is 4.14. The average Bonchev–Trinajstić information content (AvgIpc) is 3.01. The van der Waals surface area contributed by atoms with Gasteiger partial charge in [0, 0.05) is 18.0 Å². The van der Waals surface area contributed by atoms with E-state index < -0.39 is 0 Å². The number of nitrogens with zero attached hydrogens (tertiary/aromatic N) is 1. The molecule has 106 valence electrons. The van der Waals surface area contributed by atoms with Crippen molar-refractivity contribution in [1.29, 1.82) is 0 Å². The van der Waals surface area contributed by atoms with E-state index in [1.165, 1.54) is 17.5 Å². The van der Waals surface area contributed by atoms with Crippen molar-refractivity contribution < 1.29 is 14.6 Å². The Balaban J connectivity index is 1.74. The van der Waals surface area contributed by atoms with Crippen LogP contribution in [0.3, 0.4) is 0 Å². The zero-order valence-corrected chi connectivity index (χ0v) is 11.5. The molecule has 1 aliphatic carbocycles. The van der Waals surface area contributed by atoms with E-state index in [1.807, 2.05) is 0 Å². The first-order valence-corrected chi connectivity index (χ1v) is 7.64. The van der Waals surface area contributed by atoms with Gasteiger partial charge in [0.05, 0.1) is 6.10 Å². The molecule has 2 fully saturated rings. The highest BCUT2D eigenvalue weighted by Gasteiger charge is 2.57. The summed E-state index contributed by atoms with van der Waals surface area (Å²) in [7, 11) is 0. The van der Waals surface area contributed by atoms with Gasteiger partial charge < -0.3 is 14.6 Å². The van der Waals surface area contributed by atoms with Crippen molar-refractivity contribution in [3.05, 3.63) is 23.3 Å². The Labute approximate surface area is 118 Å². The number of fused-ring (bicyclic) bond motifs is 2. The number of aliphatic hydroxyl groups excluding tert-OH is 1. The first-order valence-electron chi connectivity index (χ1n) is 7.64. The van der Waals surface area contributed by atoms with Crippen LogP contribution >= 0.6 is 0 Å². The summed E-state index contributed by atoms with van der Waals surface area (Å²) in [5.41, 5.74) is 2.59. The summed E-state index contributed by atoms with van der Waals surface area (Å²) in [4.78, 5) is 2.56. The maximum absolute atomic E-state index is 10.8. The smallest absolute Gasteiger partial charge is 0.231 e. The highest BCUT2D eigenvalue weighted by Crippen LogP contribution is 2.55. The average molecular weight is 273 g/mol. The second kappa shape index (κ2) is 3.68. The third-order valence-corrected chi connectivity index (χ3v) is 5.87. The Morgan fingerprint density at radius 2 is 2.05 bits per heavy atom. The van der Waals surface area contributed by atoms with E-state index in [1.54, 1.807) is 0 Å². The van der Waals surface area contributed by atoms with Gasteiger partial charge in [0.25, 0.3) is 0 Å². The lowest BCUT2D eigenvalue weighted by Gasteiger charge is -2.49. The van der Waals surface area contributed by atoms with Crippen LogP contribution in [-0.2, 0) is 12.0 Å². The molecule has 3 aliphatic heterocycles. The highest BCUT2D eigenvalue weighted by atomic mass is 16.7. The molecule has 3 heterocycles. The van der Waals surface area contributed by atoms with Gasteiger partial charge in [0.2, 0.25) is 6.79 Å². The summed E-state index contributed by atoms with van der Waals surface area (Å²) in [6.45, 7) is 2.41. The van der Waals surface area contributed by atoms with E-state index in [2.05, 4.69) is 17.0 Å². The maximum Gasteiger partial charge on any atom is 0.231 e. The fraction of sp³-hybridized carbons (Fsp3) is 0.625. The van der Waals surface area contributed by atoms with Gasteiger partial charge in [0.15, 0.2) is 11.5 Å². The minimum absolute atomic E-state index is 0.0627. The summed E-state index contributed by atoms with van der Waals surface area (Å²) in [5.74, 6) is 1.72. The molecule has 0 aromatic heterocycles. The van der Waals surface area contributed by atoms with Crippen molar-refractivity contribution in [3.8, 4) is 11.5 Å².